The normalized spacial score (nSPS) is 16.0. The average Bonchev–Trinajstić information content (AvgIpc) is 3.08. The first kappa shape index (κ1) is 23.1. The molecule has 7 nitrogen and oxygen atoms in total. The molecular weight excluding hydrogens is 445 g/mol. The van der Waals surface area contributed by atoms with Crippen molar-refractivity contribution in [3.05, 3.63) is 11.7 Å². The van der Waals surface area contributed by atoms with Crippen LogP contribution >= 0.6 is 24.0 Å². The van der Waals surface area contributed by atoms with E-state index in [1.54, 1.807) is 0 Å². The number of aryl methyl sites for hydroxylation is 1. The second-order valence-electron chi connectivity index (χ2n) is 6.68. The summed E-state index contributed by atoms with van der Waals surface area (Å²) in [5.41, 5.74) is 0. The molecule has 0 amide bonds. The van der Waals surface area contributed by atoms with Gasteiger partial charge in [0.2, 0.25) is 5.89 Å². The maximum Gasteiger partial charge on any atom is 0.226 e. The van der Waals surface area contributed by atoms with Crippen LogP contribution in [0.3, 0.4) is 0 Å². The molecular formula is C18H34IN5O2. The minimum atomic E-state index is 0. The molecule has 0 aliphatic carbocycles. The van der Waals surface area contributed by atoms with Crippen molar-refractivity contribution in [2.24, 2.45) is 4.99 Å². The molecule has 0 saturated carbocycles. The van der Waals surface area contributed by atoms with E-state index in [-0.39, 0.29) is 24.0 Å². The molecule has 26 heavy (non-hydrogen) atoms. The highest BCUT2D eigenvalue weighted by Gasteiger charge is 2.21. The van der Waals surface area contributed by atoms with Crippen LogP contribution in [0.4, 0.5) is 0 Å². The van der Waals surface area contributed by atoms with Gasteiger partial charge in [-0.25, -0.2) is 0 Å². The molecule has 1 aliphatic heterocycles. The lowest BCUT2D eigenvalue weighted by Crippen LogP contribution is -2.47. The summed E-state index contributed by atoms with van der Waals surface area (Å²) in [6.07, 6.45) is 4.21. The second-order valence-corrected chi connectivity index (χ2v) is 6.68. The maximum atomic E-state index is 5.73. The molecule has 0 radical (unpaired) electrons. The highest BCUT2D eigenvalue weighted by Crippen LogP contribution is 2.14. The van der Waals surface area contributed by atoms with Gasteiger partial charge in [0.1, 0.15) is 0 Å². The van der Waals surface area contributed by atoms with Crippen molar-refractivity contribution in [1.82, 2.24) is 20.4 Å². The molecule has 1 N–H and O–H groups in total. The minimum Gasteiger partial charge on any atom is -0.378 e. The number of aliphatic imine (C=N–C) groups is 1. The molecule has 0 atom stereocenters. The highest BCUT2D eigenvalue weighted by atomic mass is 127. The van der Waals surface area contributed by atoms with Gasteiger partial charge in [-0.3, -0.25) is 4.99 Å². The number of ether oxygens (including phenoxy) is 1. The predicted octanol–water partition coefficient (Wildman–Crippen LogP) is 3.21. The summed E-state index contributed by atoms with van der Waals surface area (Å²) in [5, 5.41) is 7.40. The molecule has 0 unspecified atom stereocenters. The van der Waals surface area contributed by atoms with Crippen LogP contribution in [-0.4, -0.2) is 59.9 Å². The third-order valence-corrected chi connectivity index (χ3v) is 4.29. The van der Waals surface area contributed by atoms with Crippen molar-refractivity contribution in [2.45, 2.75) is 65.4 Å². The zero-order valence-electron chi connectivity index (χ0n) is 16.5. The number of hydrogen-bond acceptors (Lipinski definition) is 5. The molecule has 1 aromatic rings. The highest BCUT2D eigenvalue weighted by molar-refractivity contribution is 14.0. The average molecular weight is 479 g/mol. The molecule has 0 spiro atoms. The Labute approximate surface area is 174 Å². The molecule has 0 bridgehead atoms. The monoisotopic (exact) mass is 479 g/mol. The van der Waals surface area contributed by atoms with Gasteiger partial charge >= 0.3 is 0 Å². The lowest BCUT2D eigenvalue weighted by Gasteiger charge is -2.34. The Morgan fingerprint density at radius 1 is 1.35 bits per heavy atom. The maximum absolute atomic E-state index is 5.73. The molecule has 2 heterocycles. The van der Waals surface area contributed by atoms with Crippen LogP contribution < -0.4 is 5.32 Å². The number of guanidine groups is 1. The van der Waals surface area contributed by atoms with Gasteiger partial charge in [0.15, 0.2) is 11.8 Å². The smallest absolute Gasteiger partial charge is 0.226 e. The van der Waals surface area contributed by atoms with E-state index in [4.69, 9.17) is 14.3 Å². The first-order chi connectivity index (χ1) is 12.1. The van der Waals surface area contributed by atoms with Crippen molar-refractivity contribution in [3.63, 3.8) is 0 Å². The Hall–Kier alpha value is -0.900. The SMILES string of the molecule is CCNC(=NCCCc1nc(C(C)C)no1)N1CCC(OCC)CC1.I. The summed E-state index contributed by atoms with van der Waals surface area (Å²) < 4.78 is 11.0. The molecule has 0 aromatic carbocycles. The summed E-state index contributed by atoms with van der Waals surface area (Å²) in [7, 11) is 0. The fourth-order valence-corrected chi connectivity index (χ4v) is 2.92. The van der Waals surface area contributed by atoms with Gasteiger partial charge in [0.25, 0.3) is 0 Å². The Morgan fingerprint density at radius 3 is 2.65 bits per heavy atom. The summed E-state index contributed by atoms with van der Waals surface area (Å²) >= 11 is 0. The Morgan fingerprint density at radius 2 is 2.08 bits per heavy atom. The van der Waals surface area contributed by atoms with E-state index in [1.165, 1.54) is 0 Å². The van der Waals surface area contributed by atoms with Gasteiger partial charge in [0.05, 0.1) is 6.10 Å². The molecule has 150 valence electrons. The first-order valence-electron chi connectivity index (χ1n) is 9.61. The van der Waals surface area contributed by atoms with Crippen molar-refractivity contribution in [2.75, 3.05) is 32.8 Å². The third-order valence-electron chi connectivity index (χ3n) is 4.29. The topological polar surface area (TPSA) is 75.8 Å². The van der Waals surface area contributed by atoms with E-state index < -0.39 is 0 Å². The van der Waals surface area contributed by atoms with Crippen LogP contribution in [0, 0.1) is 0 Å². The zero-order valence-corrected chi connectivity index (χ0v) is 18.9. The van der Waals surface area contributed by atoms with E-state index in [1.807, 2.05) is 0 Å². The van der Waals surface area contributed by atoms with E-state index in [0.29, 0.717) is 17.9 Å². The summed E-state index contributed by atoms with van der Waals surface area (Å²) in [6.45, 7) is 12.7. The molecule has 1 fully saturated rings. The van der Waals surface area contributed by atoms with E-state index in [9.17, 15) is 0 Å². The van der Waals surface area contributed by atoms with Gasteiger partial charge in [-0.1, -0.05) is 19.0 Å². The Bertz CT molecular complexity index is 527. The number of nitrogens with zero attached hydrogens (tertiary/aromatic N) is 4. The van der Waals surface area contributed by atoms with Crippen LogP contribution in [0.5, 0.6) is 0 Å². The largest absolute Gasteiger partial charge is 0.378 e. The Kier molecular flexibility index (Phi) is 11.1. The van der Waals surface area contributed by atoms with Gasteiger partial charge in [-0.2, -0.15) is 4.98 Å². The minimum absolute atomic E-state index is 0. The summed E-state index contributed by atoms with van der Waals surface area (Å²) in [5.74, 6) is 2.80. The van der Waals surface area contributed by atoms with Crippen LogP contribution in [0.25, 0.3) is 0 Å². The standard InChI is InChI=1S/C18H33N5O2.HI/c1-5-19-18(23-12-9-15(10-13-23)24-6-2)20-11-7-8-16-21-17(14(3)4)22-25-16;/h14-15H,5-13H2,1-4H3,(H,19,20);1H. The van der Waals surface area contributed by atoms with E-state index in [0.717, 1.165) is 70.3 Å². The number of rotatable bonds is 8. The number of nitrogens with one attached hydrogen (secondary N) is 1. The fraction of sp³-hybridized carbons (Fsp3) is 0.833. The second kappa shape index (κ2) is 12.5. The van der Waals surface area contributed by atoms with Crippen molar-refractivity contribution in [3.8, 4) is 0 Å². The predicted molar refractivity (Wildman–Crippen MR) is 114 cm³/mol. The van der Waals surface area contributed by atoms with Crippen molar-refractivity contribution in [1.29, 1.82) is 0 Å². The lowest BCUT2D eigenvalue weighted by atomic mass is 10.1. The first-order valence-corrected chi connectivity index (χ1v) is 9.61. The fourth-order valence-electron chi connectivity index (χ4n) is 2.92. The number of hydrogen-bond donors (Lipinski definition) is 1. The zero-order chi connectivity index (χ0) is 18.1. The molecule has 1 aromatic heterocycles. The van der Waals surface area contributed by atoms with Crippen LogP contribution in [0.15, 0.2) is 9.52 Å². The van der Waals surface area contributed by atoms with Crippen LogP contribution in [-0.2, 0) is 11.2 Å². The third kappa shape index (κ3) is 7.38. The molecule has 1 saturated heterocycles. The summed E-state index contributed by atoms with van der Waals surface area (Å²) in [4.78, 5) is 11.5. The van der Waals surface area contributed by atoms with Crippen LogP contribution in [0.1, 0.15) is 64.6 Å². The quantitative estimate of drug-likeness (QED) is 0.267. The lowest BCUT2D eigenvalue weighted by molar-refractivity contribution is 0.0264. The van der Waals surface area contributed by atoms with Crippen molar-refractivity contribution < 1.29 is 9.26 Å². The molecule has 1 aliphatic rings. The van der Waals surface area contributed by atoms with Gasteiger partial charge in [0, 0.05) is 45.1 Å². The van der Waals surface area contributed by atoms with E-state index >= 15 is 0 Å². The Balaban J connectivity index is 0.00000338. The van der Waals surface area contributed by atoms with Gasteiger partial charge < -0.3 is 19.5 Å². The van der Waals surface area contributed by atoms with Gasteiger partial charge in [-0.05, 0) is 33.1 Å². The molecule has 2 rings (SSSR count). The molecule has 8 heteroatoms. The van der Waals surface area contributed by atoms with Gasteiger partial charge in [-0.15, -0.1) is 24.0 Å². The van der Waals surface area contributed by atoms with E-state index in [2.05, 4.69) is 48.1 Å². The summed E-state index contributed by atoms with van der Waals surface area (Å²) in [6, 6.07) is 0. The number of aromatic nitrogens is 2. The number of likely N-dealkylation sites (tertiary alicyclic amines) is 1. The van der Waals surface area contributed by atoms with Crippen molar-refractivity contribution >= 4 is 29.9 Å². The van der Waals surface area contributed by atoms with Crippen LogP contribution in [0.2, 0.25) is 0 Å². The number of halogens is 1. The number of piperidine rings is 1.